The molecule has 0 radical (unpaired) electrons. The number of ketones is 1. The summed E-state index contributed by atoms with van der Waals surface area (Å²) in [5.74, 6) is 0.458. The van der Waals surface area contributed by atoms with Crippen LogP contribution in [-0.2, 0) is 15.3 Å². The van der Waals surface area contributed by atoms with Crippen molar-refractivity contribution in [2.24, 2.45) is 0 Å². The third-order valence-electron chi connectivity index (χ3n) is 7.07. The number of amides is 1. The molecule has 1 amide bonds. The maximum atomic E-state index is 13.1. The number of rotatable bonds is 6. The molecule has 0 aromatic heterocycles. The molecule has 7 heteroatoms. The third kappa shape index (κ3) is 4.61. The Bertz CT molecular complexity index is 1650. The highest BCUT2D eigenvalue weighted by Gasteiger charge is 2.35. The average Bonchev–Trinajstić information content (AvgIpc) is 2.93. The minimum atomic E-state index is -3.93. The molecule has 0 saturated heterocycles. The fourth-order valence-electron chi connectivity index (χ4n) is 4.35. The van der Waals surface area contributed by atoms with E-state index >= 15 is 0 Å². The van der Waals surface area contributed by atoms with Crippen molar-refractivity contribution in [2.75, 3.05) is 5.32 Å². The van der Waals surface area contributed by atoms with E-state index < -0.39 is 15.7 Å². The second kappa shape index (κ2) is 9.58. The van der Waals surface area contributed by atoms with Crippen LogP contribution in [0.3, 0.4) is 0 Å². The van der Waals surface area contributed by atoms with E-state index in [-0.39, 0.29) is 37.7 Å². The van der Waals surface area contributed by atoms with Crippen LogP contribution in [0, 0.1) is 0 Å². The van der Waals surface area contributed by atoms with Gasteiger partial charge in [0.2, 0.25) is 9.84 Å². The number of ether oxygens (including phenoxy) is 1. The molecule has 0 atom stereocenters. The standard InChI is InChI=1S/C31H27NO5S/c1-4-31(2,3)21-10-14-23(15-11-21)37-24-16-12-22(13-17-24)32-30(34)20-9-18-26-28(19-20)38(35,36)27-8-6-5-7-25(27)29(26)33/h5-19H,4H2,1-3H3,(H,32,34). The first kappa shape index (κ1) is 25.4. The zero-order valence-electron chi connectivity index (χ0n) is 21.3. The van der Waals surface area contributed by atoms with Crippen LogP contribution in [0.25, 0.3) is 0 Å². The van der Waals surface area contributed by atoms with Crippen molar-refractivity contribution in [1.82, 2.24) is 0 Å². The molecule has 0 unspecified atom stereocenters. The molecule has 192 valence electrons. The predicted octanol–water partition coefficient (Wildman–Crippen LogP) is 6.80. The lowest BCUT2D eigenvalue weighted by molar-refractivity contribution is 0.101. The van der Waals surface area contributed by atoms with E-state index in [1.165, 1.54) is 35.9 Å². The zero-order chi connectivity index (χ0) is 27.1. The van der Waals surface area contributed by atoms with Crippen molar-refractivity contribution >= 4 is 27.2 Å². The van der Waals surface area contributed by atoms with Gasteiger partial charge in [-0.15, -0.1) is 0 Å². The zero-order valence-corrected chi connectivity index (χ0v) is 22.1. The largest absolute Gasteiger partial charge is 0.457 e. The summed E-state index contributed by atoms with van der Waals surface area (Å²) in [6.45, 7) is 6.58. The van der Waals surface area contributed by atoms with Gasteiger partial charge in [-0.3, -0.25) is 9.59 Å². The summed E-state index contributed by atoms with van der Waals surface area (Å²) in [5, 5.41) is 2.77. The van der Waals surface area contributed by atoms with Gasteiger partial charge >= 0.3 is 0 Å². The van der Waals surface area contributed by atoms with E-state index in [1.807, 2.05) is 12.1 Å². The molecule has 0 spiro atoms. The Hall–Kier alpha value is -4.23. The maximum Gasteiger partial charge on any atom is 0.255 e. The van der Waals surface area contributed by atoms with Crippen LogP contribution in [0.4, 0.5) is 5.69 Å². The van der Waals surface area contributed by atoms with Gasteiger partial charge in [-0.2, -0.15) is 0 Å². The fraction of sp³-hybridized carbons (Fsp3) is 0.161. The number of nitrogens with one attached hydrogen (secondary N) is 1. The highest BCUT2D eigenvalue weighted by molar-refractivity contribution is 7.91. The fourth-order valence-corrected chi connectivity index (χ4v) is 6.03. The van der Waals surface area contributed by atoms with Gasteiger partial charge in [0.1, 0.15) is 11.5 Å². The lowest BCUT2D eigenvalue weighted by Crippen LogP contribution is -2.21. The SMILES string of the molecule is CCC(C)(C)c1ccc(Oc2ccc(NC(=O)c3ccc4c(c3)S(=O)(=O)c3ccccc3C4=O)cc2)cc1. The lowest BCUT2D eigenvalue weighted by Gasteiger charge is -2.23. The molecule has 0 saturated carbocycles. The summed E-state index contributed by atoms with van der Waals surface area (Å²) in [6, 6.07) is 25.1. The Kier molecular flexibility index (Phi) is 6.41. The molecule has 1 aliphatic heterocycles. The van der Waals surface area contributed by atoms with E-state index in [2.05, 4.69) is 38.2 Å². The number of hydrogen-bond acceptors (Lipinski definition) is 5. The number of fused-ring (bicyclic) bond motifs is 2. The van der Waals surface area contributed by atoms with Gasteiger partial charge in [0.25, 0.3) is 5.91 Å². The minimum Gasteiger partial charge on any atom is -0.457 e. The molecule has 4 aromatic carbocycles. The second-order valence-electron chi connectivity index (χ2n) is 9.88. The van der Waals surface area contributed by atoms with Crippen LogP contribution in [0.5, 0.6) is 11.5 Å². The Morgan fingerprint density at radius 1 is 0.816 bits per heavy atom. The normalized spacial score (nSPS) is 13.8. The van der Waals surface area contributed by atoms with Gasteiger partial charge in [0.05, 0.1) is 9.79 Å². The maximum absolute atomic E-state index is 13.1. The van der Waals surface area contributed by atoms with Crippen LogP contribution >= 0.6 is 0 Å². The molecular weight excluding hydrogens is 498 g/mol. The molecule has 1 N–H and O–H groups in total. The molecule has 38 heavy (non-hydrogen) atoms. The summed E-state index contributed by atoms with van der Waals surface area (Å²) in [7, 11) is -3.93. The highest BCUT2D eigenvalue weighted by atomic mass is 32.2. The van der Waals surface area contributed by atoms with Crippen molar-refractivity contribution in [3.63, 3.8) is 0 Å². The van der Waals surface area contributed by atoms with Crippen molar-refractivity contribution in [3.05, 3.63) is 113 Å². The summed E-state index contributed by atoms with van der Waals surface area (Å²) in [6.07, 6.45) is 1.04. The van der Waals surface area contributed by atoms with Crippen molar-refractivity contribution in [3.8, 4) is 11.5 Å². The van der Waals surface area contributed by atoms with E-state index in [9.17, 15) is 18.0 Å². The van der Waals surface area contributed by atoms with Crippen molar-refractivity contribution in [2.45, 2.75) is 42.4 Å². The van der Waals surface area contributed by atoms with Gasteiger partial charge in [-0.1, -0.05) is 45.0 Å². The molecule has 0 aliphatic carbocycles. The van der Waals surface area contributed by atoms with Crippen LogP contribution < -0.4 is 10.1 Å². The molecule has 0 bridgehead atoms. The van der Waals surface area contributed by atoms with Crippen molar-refractivity contribution in [1.29, 1.82) is 0 Å². The minimum absolute atomic E-state index is 0.0469. The third-order valence-corrected chi connectivity index (χ3v) is 8.92. The van der Waals surface area contributed by atoms with Crippen LogP contribution in [0.1, 0.15) is 59.0 Å². The first-order chi connectivity index (χ1) is 18.1. The summed E-state index contributed by atoms with van der Waals surface area (Å²) in [4.78, 5) is 25.5. The van der Waals surface area contributed by atoms with E-state index in [0.29, 0.717) is 17.2 Å². The smallest absolute Gasteiger partial charge is 0.255 e. The van der Waals surface area contributed by atoms with Gasteiger partial charge in [0.15, 0.2) is 5.78 Å². The van der Waals surface area contributed by atoms with E-state index in [1.54, 1.807) is 36.4 Å². The first-order valence-electron chi connectivity index (χ1n) is 12.3. The molecular formula is C31H27NO5S. The molecule has 4 aromatic rings. The van der Waals surface area contributed by atoms with Crippen LogP contribution in [0.15, 0.2) is 101 Å². The van der Waals surface area contributed by atoms with Crippen molar-refractivity contribution < 1.29 is 22.7 Å². The monoisotopic (exact) mass is 525 g/mol. The van der Waals surface area contributed by atoms with Gasteiger partial charge < -0.3 is 10.1 Å². The quantitative estimate of drug-likeness (QED) is 0.263. The average molecular weight is 526 g/mol. The Morgan fingerprint density at radius 3 is 2.08 bits per heavy atom. The number of carbonyl (C=O) groups excluding carboxylic acids is 2. The molecule has 1 heterocycles. The van der Waals surface area contributed by atoms with E-state index in [0.717, 1.165) is 6.42 Å². The Labute approximate surface area is 222 Å². The number of carbonyl (C=O) groups is 2. The number of anilines is 1. The van der Waals surface area contributed by atoms with Gasteiger partial charge in [-0.05, 0) is 84.1 Å². The second-order valence-corrected chi connectivity index (χ2v) is 11.8. The van der Waals surface area contributed by atoms with Gasteiger partial charge in [-0.25, -0.2) is 8.42 Å². The Balaban J connectivity index is 1.30. The van der Waals surface area contributed by atoms with Crippen LogP contribution in [0.2, 0.25) is 0 Å². The topological polar surface area (TPSA) is 89.5 Å². The number of hydrogen-bond donors (Lipinski definition) is 1. The lowest BCUT2D eigenvalue weighted by atomic mass is 9.82. The van der Waals surface area contributed by atoms with E-state index in [4.69, 9.17) is 4.74 Å². The summed E-state index contributed by atoms with van der Waals surface area (Å²) >= 11 is 0. The number of benzene rings is 4. The highest BCUT2D eigenvalue weighted by Crippen LogP contribution is 2.35. The predicted molar refractivity (Wildman–Crippen MR) is 146 cm³/mol. The summed E-state index contributed by atoms with van der Waals surface area (Å²) in [5.41, 5.74) is 2.20. The molecule has 1 aliphatic rings. The number of sulfone groups is 1. The molecule has 5 rings (SSSR count). The Morgan fingerprint density at radius 2 is 1.42 bits per heavy atom. The summed E-state index contributed by atoms with van der Waals surface area (Å²) < 4.78 is 32.2. The molecule has 6 nitrogen and oxygen atoms in total. The van der Waals surface area contributed by atoms with Gasteiger partial charge in [0, 0.05) is 22.4 Å². The van der Waals surface area contributed by atoms with Crippen LogP contribution in [-0.4, -0.2) is 20.1 Å². The first-order valence-corrected chi connectivity index (χ1v) is 13.8. The molecule has 0 fully saturated rings.